The highest BCUT2D eigenvalue weighted by atomic mass is 32.1. The molecule has 0 saturated heterocycles. The molecule has 2 heterocycles. The summed E-state index contributed by atoms with van der Waals surface area (Å²) in [6.07, 6.45) is 2.01. The van der Waals surface area contributed by atoms with Crippen LogP contribution < -0.4 is 0 Å². The number of benzene rings is 1. The van der Waals surface area contributed by atoms with Crippen molar-refractivity contribution in [3.05, 3.63) is 40.2 Å². The van der Waals surface area contributed by atoms with Crippen molar-refractivity contribution in [2.75, 3.05) is 0 Å². The lowest BCUT2D eigenvalue weighted by atomic mass is 9.82. The van der Waals surface area contributed by atoms with Gasteiger partial charge in [0.15, 0.2) is 5.90 Å². The van der Waals surface area contributed by atoms with Crippen LogP contribution in [0.2, 0.25) is 0 Å². The predicted octanol–water partition coefficient (Wildman–Crippen LogP) is 4.65. The van der Waals surface area contributed by atoms with E-state index in [1.807, 2.05) is 12.4 Å². The van der Waals surface area contributed by atoms with Crippen LogP contribution in [0, 0.1) is 6.92 Å². The predicted molar refractivity (Wildman–Crippen MR) is 92.7 cm³/mol. The second-order valence-electron chi connectivity index (χ2n) is 5.99. The number of hydrogen-bond donors (Lipinski definition) is 0. The van der Waals surface area contributed by atoms with Gasteiger partial charge in [0.05, 0.1) is 11.2 Å². The SMILES string of the molecule is CC[C@@]1(Cc2cccc(-c3cscn3)c2C)N=C(C)OC1C. The second kappa shape index (κ2) is 5.84. The fraction of sp³-hybridized carbons (Fsp3) is 0.444. The molecule has 2 atom stereocenters. The number of ether oxygens (including phenoxy) is 1. The lowest BCUT2D eigenvalue weighted by molar-refractivity contribution is 0.148. The van der Waals surface area contributed by atoms with Gasteiger partial charge in [-0.2, -0.15) is 0 Å². The van der Waals surface area contributed by atoms with Crippen LogP contribution in [0.4, 0.5) is 0 Å². The van der Waals surface area contributed by atoms with Crippen LogP contribution in [0.15, 0.2) is 34.1 Å². The highest BCUT2D eigenvalue weighted by molar-refractivity contribution is 7.07. The summed E-state index contributed by atoms with van der Waals surface area (Å²) in [5.74, 6) is 0.808. The van der Waals surface area contributed by atoms with E-state index in [1.165, 1.54) is 16.7 Å². The molecule has 1 aromatic carbocycles. The summed E-state index contributed by atoms with van der Waals surface area (Å²) < 4.78 is 5.82. The fourth-order valence-corrected chi connectivity index (χ4v) is 3.85. The van der Waals surface area contributed by atoms with Gasteiger partial charge in [-0.3, -0.25) is 0 Å². The summed E-state index contributed by atoms with van der Waals surface area (Å²) in [6, 6.07) is 6.48. The zero-order valence-corrected chi connectivity index (χ0v) is 14.4. The van der Waals surface area contributed by atoms with Gasteiger partial charge in [-0.1, -0.05) is 25.1 Å². The molecule has 0 aliphatic carbocycles. The Kier molecular flexibility index (Phi) is 4.04. The van der Waals surface area contributed by atoms with E-state index >= 15 is 0 Å². The van der Waals surface area contributed by atoms with Gasteiger partial charge in [-0.25, -0.2) is 9.98 Å². The first-order chi connectivity index (χ1) is 10.6. The van der Waals surface area contributed by atoms with Crippen LogP contribution in [0.1, 0.15) is 38.3 Å². The zero-order chi connectivity index (χ0) is 15.7. The molecule has 2 aromatic rings. The minimum absolute atomic E-state index is 0.125. The van der Waals surface area contributed by atoms with Gasteiger partial charge in [0.25, 0.3) is 0 Å². The summed E-state index contributed by atoms with van der Waals surface area (Å²) in [7, 11) is 0. The summed E-state index contributed by atoms with van der Waals surface area (Å²) >= 11 is 1.63. The van der Waals surface area contributed by atoms with Gasteiger partial charge >= 0.3 is 0 Å². The standard InChI is InChI=1S/C18H22N2OS/c1-5-18(13(3)21-14(4)20-18)9-15-7-6-8-16(12(15)2)17-10-22-11-19-17/h6-8,10-11,13H,5,9H2,1-4H3/t13?,18-/m0/s1. The van der Waals surface area contributed by atoms with E-state index in [0.29, 0.717) is 0 Å². The minimum atomic E-state index is -0.143. The third-order valence-electron chi connectivity index (χ3n) is 4.75. The molecule has 1 aliphatic rings. The number of aliphatic imine (C=N–C) groups is 1. The average molecular weight is 314 g/mol. The maximum atomic E-state index is 5.82. The third-order valence-corrected chi connectivity index (χ3v) is 5.33. The van der Waals surface area contributed by atoms with Crippen molar-refractivity contribution in [3.63, 3.8) is 0 Å². The molecule has 1 unspecified atom stereocenters. The van der Waals surface area contributed by atoms with Crippen LogP contribution in [0.3, 0.4) is 0 Å². The first kappa shape index (κ1) is 15.2. The van der Waals surface area contributed by atoms with Crippen LogP contribution >= 0.6 is 11.3 Å². The summed E-state index contributed by atoms with van der Waals surface area (Å²) in [5, 5.41) is 2.10. The molecule has 1 aromatic heterocycles. The van der Waals surface area contributed by atoms with Crippen molar-refractivity contribution < 1.29 is 4.74 Å². The van der Waals surface area contributed by atoms with Crippen LogP contribution in [-0.2, 0) is 11.2 Å². The molecular formula is C18H22N2OS. The Bertz CT molecular complexity index is 693. The first-order valence-electron chi connectivity index (χ1n) is 7.76. The van der Waals surface area contributed by atoms with Crippen molar-refractivity contribution in [2.24, 2.45) is 4.99 Å². The van der Waals surface area contributed by atoms with Gasteiger partial charge in [-0.05, 0) is 31.4 Å². The number of aromatic nitrogens is 1. The molecule has 4 heteroatoms. The fourth-order valence-electron chi connectivity index (χ4n) is 3.30. The zero-order valence-electron chi connectivity index (χ0n) is 13.6. The van der Waals surface area contributed by atoms with Gasteiger partial charge in [0, 0.05) is 24.3 Å². The Morgan fingerprint density at radius 2 is 2.14 bits per heavy atom. The second-order valence-corrected chi connectivity index (χ2v) is 6.71. The minimum Gasteiger partial charge on any atom is -0.476 e. The molecule has 0 saturated carbocycles. The number of rotatable bonds is 4. The topological polar surface area (TPSA) is 34.5 Å². The highest BCUT2D eigenvalue weighted by Crippen LogP contribution is 2.35. The van der Waals surface area contributed by atoms with Gasteiger partial charge in [0.1, 0.15) is 11.6 Å². The van der Waals surface area contributed by atoms with E-state index in [2.05, 4.69) is 49.3 Å². The Morgan fingerprint density at radius 3 is 2.73 bits per heavy atom. The Morgan fingerprint density at radius 1 is 1.32 bits per heavy atom. The molecule has 0 spiro atoms. The van der Waals surface area contributed by atoms with E-state index in [-0.39, 0.29) is 11.6 Å². The molecule has 3 rings (SSSR count). The molecule has 22 heavy (non-hydrogen) atoms. The molecular weight excluding hydrogens is 292 g/mol. The van der Waals surface area contributed by atoms with E-state index in [9.17, 15) is 0 Å². The molecule has 0 fully saturated rings. The molecule has 1 aliphatic heterocycles. The van der Waals surface area contributed by atoms with Crippen molar-refractivity contribution in [1.82, 2.24) is 4.98 Å². The summed E-state index contributed by atoms with van der Waals surface area (Å²) in [6.45, 7) is 8.46. The van der Waals surface area contributed by atoms with E-state index < -0.39 is 0 Å². The maximum absolute atomic E-state index is 5.82. The van der Waals surface area contributed by atoms with Gasteiger partial charge in [0.2, 0.25) is 0 Å². The van der Waals surface area contributed by atoms with Gasteiger partial charge in [-0.15, -0.1) is 11.3 Å². The molecule has 0 bridgehead atoms. The van der Waals surface area contributed by atoms with Crippen molar-refractivity contribution in [3.8, 4) is 11.3 Å². The largest absolute Gasteiger partial charge is 0.476 e. The first-order valence-corrected chi connectivity index (χ1v) is 8.70. The van der Waals surface area contributed by atoms with Crippen LogP contribution in [0.25, 0.3) is 11.3 Å². The Hall–Kier alpha value is -1.68. The summed E-state index contributed by atoms with van der Waals surface area (Å²) in [4.78, 5) is 9.28. The van der Waals surface area contributed by atoms with Crippen LogP contribution in [0.5, 0.6) is 0 Å². The molecule has 0 N–H and O–H groups in total. The summed E-state index contributed by atoms with van der Waals surface area (Å²) in [5.41, 5.74) is 6.66. The van der Waals surface area contributed by atoms with E-state index in [1.54, 1.807) is 11.3 Å². The smallest absolute Gasteiger partial charge is 0.181 e. The van der Waals surface area contributed by atoms with Crippen molar-refractivity contribution in [2.45, 2.75) is 52.2 Å². The van der Waals surface area contributed by atoms with E-state index in [4.69, 9.17) is 9.73 Å². The van der Waals surface area contributed by atoms with Crippen molar-refractivity contribution in [1.29, 1.82) is 0 Å². The van der Waals surface area contributed by atoms with Crippen molar-refractivity contribution >= 4 is 17.2 Å². The molecule has 0 amide bonds. The monoisotopic (exact) mass is 314 g/mol. The Labute approximate surface area is 136 Å². The average Bonchev–Trinajstić information content (AvgIpc) is 3.10. The number of nitrogens with zero attached hydrogens (tertiary/aromatic N) is 2. The third kappa shape index (κ3) is 2.56. The number of thiazole rings is 1. The maximum Gasteiger partial charge on any atom is 0.181 e. The lowest BCUT2D eigenvalue weighted by Gasteiger charge is -2.29. The molecule has 0 radical (unpaired) electrons. The lowest BCUT2D eigenvalue weighted by Crippen LogP contribution is -2.38. The normalized spacial score (nSPS) is 24.2. The molecule has 3 nitrogen and oxygen atoms in total. The van der Waals surface area contributed by atoms with Crippen LogP contribution in [-0.4, -0.2) is 22.5 Å². The quantitative estimate of drug-likeness (QED) is 0.823. The van der Waals surface area contributed by atoms with E-state index in [0.717, 1.165) is 24.4 Å². The van der Waals surface area contributed by atoms with Gasteiger partial charge < -0.3 is 4.74 Å². The highest BCUT2D eigenvalue weighted by Gasteiger charge is 2.41. The molecule has 116 valence electrons. The number of hydrogen-bond acceptors (Lipinski definition) is 4. The Balaban J connectivity index is 1.98.